The average Bonchev–Trinajstić information content (AvgIpc) is 2.57. The van der Waals surface area contributed by atoms with Crippen LogP contribution in [0, 0.1) is 5.92 Å². The molecule has 2 unspecified atom stereocenters. The van der Waals surface area contributed by atoms with E-state index in [9.17, 15) is 4.79 Å². The lowest BCUT2D eigenvalue weighted by molar-refractivity contribution is -0.145. The van der Waals surface area contributed by atoms with Crippen LogP contribution in [0.1, 0.15) is 17.4 Å². The number of carbonyl (C=O) groups is 1. The number of rotatable bonds is 1. The first-order valence-corrected chi connectivity index (χ1v) is 5.04. The second-order valence-corrected chi connectivity index (χ2v) is 4.54. The zero-order valence-corrected chi connectivity index (χ0v) is 8.10. The highest BCUT2D eigenvalue weighted by molar-refractivity contribution is 7.10. The molecule has 2 rings (SSSR count). The lowest BCUT2D eigenvalue weighted by atomic mass is 9.86. The minimum Gasteiger partial charge on any atom is -0.480 e. The highest BCUT2D eigenvalue weighted by atomic mass is 32.1. The van der Waals surface area contributed by atoms with Gasteiger partial charge in [-0.15, -0.1) is 11.3 Å². The maximum absolute atomic E-state index is 11.1. The van der Waals surface area contributed by atoms with Gasteiger partial charge in [0.25, 0.3) is 0 Å². The summed E-state index contributed by atoms with van der Waals surface area (Å²) in [6, 6.07) is 1.83. The summed E-state index contributed by atoms with van der Waals surface area (Å²) in [5, 5.41) is 11.0. The van der Waals surface area contributed by atoms with Gasteiger partial charge in [-0.3, -0.25) is 0 Å². The Kier molecular flexibility index (Phi) is 1.72. The van der Waals surface area contributed by atoms with E-state index in [0.29, 0.717) is 0 Å². The normalized spacial score (nSPS) is 31.7. The van der Waals surface area contributed by atoms with E-state index in [4.69, 9.17) is 10.8 Å². The molecule has 3 nitrogen and oxygen atoms in total. The lowest BCUT2D eigenvalue weighted by Crippen LogP contribution is -2.47. The van der Waals surface area contributed by atoms with Crippen LogP contribution >= 0.6 is 11.3 Å². The van der Waals surface area contributed by atoms with E-state index in [1.165, 1.54) is 0 Å². The van der Waals surface area contributed by atoms with E-state index in [-0.39, 0.29) is 5.92 Å². The summed E-state index contributed by atoms with van der Waals surface area (Å²) < 4.78 is 0. The molecular weight excluding hydrogens is 186 g/mol. The Labute approximate surface area is 80.2 Å². The van der Waals surface area contributed by atoms with Gasteiger partial charge in [0, 0.05) is 4.88 Å². The summed E-state index contributed by atoms with van der Waals surface area (Å²) in [5.74, 6) is -0.926. The van der Waals surface area contributed by atoms with E-state index in [1.54, 1.807) is 11.3 Å². The largest absolute Gasteiger partial charge is 0.480 e. The summed E-state index contributed by atoms with van der Waals surface area (Å²) in [6.07, 6.45) is 0.788. The quantitative estimate of drug-likeness (QED) is 0.710. The molecule has 1 aliphatic rings. The van der Waals surface area contributed by atoms with Crippen LogP contribution in [0.2, 0.25) is 0 Å². The van der Waals surface area contributed by atoms with Crippen LogP contribution in [0.25, 0.3) is 0 Å². The highest BCUT2D eigenvalue weighted by Crippen LogP contribution is 2.42. The smallest absolute Gasteiger partial charge is 0.328 e. The second kappa shape index (κ2) is 2.56. The van der Waals surface area contributed by atoms with Crippen LogP contribution in [0.15, 0.2) is 11.4 Å². The molecule has 0 aliphatic heterocycles. The van der Waals surface area contributed by atoms with Crippen LogP contribution < -0.4 is 5.73 Å². The molecule has 0 fully saturated rings. The van der Waals surface area contributed by atoms with Crippen LogP contribution in [-0.2, 0) is 16.8 Å². The second-order valence-electron chi connectivity index (χ2n) is 3.54. The maximum atomic E-state index is 11.1. The van der Waals surface area contributed by atoms with Crippen molar-refractivity contribution >= 4 is 17.3 Å². The first-order chi connectivity index (χ1) is 6.06. The molecule has 0 saturated heterocycles. The molecule has 1 aromatic heterocycles. The van der Waals surface area contributed by atoms with Crippen molar-refractivity contribution < 1.29 is 9.90 Å². The first kappa shape index (κ1) is 8.72. The third-order valence-corrected chi connectivity index (χ3v) is 3.76. The molecule has 70 valence electrons. The molecule has 4 heteroatoms. The van der Waals surface area contributed by atoms with Crippen molar-refractivity contribution in [1.29, 1.82) is 0 Å². The molecule has 0 radical (unpaired) electrons. The molecule has 3 N–H and O–H groups in total. The van der Waals surface area contributed by atoms with Gasteiger partial charge in [-0.1, -0.05) is 6.92 Å². The Balaban J connectivity index is 2.56. The minimum absolute atomic E-state index is 0.00699. The zero-order chi connectivity index (χ0) is 9.64. The van der Waals surface area contributed by atoms with E-state index >= 15 is 0 Å². The first-order valence-electron chi connectivity index (χ1n) is 4.16. The van der Waals surface area contributed by atoms with Gasteiger partial charge >= 0.3 is 5.97 Å². The van der Waals surface area contributed by atoms with Crippen molar-refractivity contribution in [1.82, 2.24) is 0 Å². The van der Waals surface area contributed by atoms with Gasteiger partial charge < -0.3 is 10.8 Å². The van der Waals surface area contributed by atoms with E-state index < -0.39 is 11.5 Å². The van der Waals surface area contributed by atoms with Crippen molar-refractivity contribution in [3.63, 3.8) is 0 Å². The molecule has 0 amide bonds. The zero-order valence-electron chi connectivity index (χ0n) is 7.28. The predicted octanol–water partition coefficient (Wildman–Crippen LogP) is 1.18. The number of nitrogens with two attached hydrogens (primary N) is 1. The Morgan fingerprint density at radius 1 is 1.85 bits per heavy atom. The third-order valence-electron chi connectivity index (χ3n) is 2.81. The van der Waals surface area contributed by atoms with Crippen LogP contribution in [-0.4, -0.2) is 11.1 Å². The number of thiophene rings is 1. The predicted molar refractivity (Wildman–Crippen MR) is 50.7 cm³/mol. The summed E-state index contributed by atoms with van der Waals surface area (Å²) in [7, 11) is 0. The SMILES string of the molecule is CC1Cc2sccc2C1(N)C(=O)O. The fourth-order valence-corrected chi connectivity index (χ4v) is 2.98. The van der Waals surface area contributed by atoms with E-state index in [2.05, 4.69) is 0 Å². The molecule has 1 aliphatic carbocycles. The fourth-order valence-electron chi connectivity index (χ4n) is 1.90. The van der Waals surface area contributed by atoms with Crippen LogP contribution in [0.5, 0.6) is 0 Å². The molecule has 0 spiro atoms. The maximum Gasteiger partial charge on any atom is 0.328 e. The Bertz CT molecular complexity index is 360. The molecule has 1 aromatic rings. The Morgan fingerprint density at radius 2 is 2.54 bits per heavy atom. The van der Waals surface area contributed by atoms with Gasteiger partial charge in [-0.05, 0) is 29.3 Å². The van der Waals surface area contributed by atoms with Gasteiger partial charge in [-0.25, -0.2) is 4.79 Å². The summed E-state index contributed by atoms with van der Waals surface area (Å²) in [5.41, 5.74) is 5.55. The van der Waals surface area contributed by atoms with Crippen molar-refractivity contribution in [3.05, 3.63) is 21.9 Å². The number of hydrogen-bond donors (Lipinski definition) is 2. The molecule has 0 bridgehead atoms. The van der Waals surface area contributed by atoms with Crippen molar-refractivity contribution in [2.24, 2.45) is 11.7 Å². The Morgan fingerprint density at radius 3 is 3.15 bits per heavy atom. The van der Waals surface area contributed by atoms with E-state index in [1.807, 2.05) is 18.4 Å². The van der Waals surface area contributed by atoms with Gasteiger partial charge in [-0.2, -0.15) is 0 Å². The monoisotopic (exact) mass is 197 g/mol. The average molecular weight is 197 g/mol. The summed E-state index contributed by atoms with van der Waals surface area (Å²) in [6.45, 7) is 1.89. The number of carboxylic acids is 1. The highest BCUT2D eigenvalue weighted by Gasteiger charge is 2.48. The molecule has 0 saturated carbocycles. The summed E-state index contributed by atoms with van der Waals surface area (Å²) >= 11 is 1.59. The number of aliphatic carboxylic acids is 1. The van der Waals surface area contributed by atoms with Crippen molar-refractivity contribution in [2.75, 3.05) is 0 Å². The van der Waals surface area contributed by atoms with Crippen molar-refractivity contribution in [3.8, 4) is 0 Å². The van der Waals surface area contributed by atoms with Crippen LogP contribution in [0.4, 0.5) is 0 Å². The van der Waals surface area contributed by atoms with Gasteiger partial charge in [0.05, 0.1) is 0 Å². The standard InChI is InChI=1S/C9H11NO2S/c1-5-4-7-6(2-3-13-7)9(5,10)8(11)12/h2-3,5H,4,10H2,1H3,(H,11,12). The number of hydrogen-bond acceptors (Lipinski definition) is 3. The van der Waals surface area contributed by atoms with E-state index in [0.717, 1.165) is 16.9 Å². The van der Waals surface area contributed by atoms with Crippen LogP contribution in [0.3, 0.4) is 0 Å². The summed E-state index contributed by atoms with van der Waals surface area (Å²) in [4.78, 5) is 12.2. The third kappa shape index (κ3) is 0.957. The fraction of sp³-hybridized carbons (Fsp3) is 0.444. The van der Waals surface area contributed by atoms with Gasteiger partial charge in [0.2, 0.25) is 0 Å². The lowest BCUT2D eigenvalue weighted by Gasteiger charge is -2.24. The Hall–Kier alpha value is -0.870. The topological polar surface area (TPSA) is 63.3 Å². The molecule has 2 atom stereocenters. The number of fused-ring (bicyclic) bond motifs is 1. The van der Waals surface area contributed by atoms with Gasteiger partial charge in [0.15, 0.2) is 0 Å². The molecule has 1 heterocycles. The number of carboxylic acid groups (broad SMARTS) is 1. The molecule has 13 heavy (non-hydrogen) atoms. The molecule has 0 aromatic carbocycles. The molecular formula is C9H11NO2S. The van der Waals surface area contributed by atoms with Crippen molar-refractivity contribution in [2.45, 2.75) is 18.9 Å². The van der Waals surface area contributed by atoms with Gasteiger partial charge in [0.1, 0.15) is 5.54 Å². The minimum atomic E-state index is -1.16.